The maximum atomic E-state index is 11.8. The van der Waals surface area contributed by atoms with E-state index in [0.29, 0.717) is 10.1 Å². The van der Waals surface area contributed by atoms with E-state index in [1.54, 1.807) is 0 Å². The number of fused-ring (bicyclic) bond motifs is 1. The van der Waals surface area contributed by atoms with Gasteiger partial charge in [0.2, 0.25) is 10.1 Å². The highest BCUT2D eigenvalue weighted by atomic mass is 32.1. The number of aromatic nitrogens is 5. The first-order valence-electron chi connectivity index (χ1n) is 7.12. The number of rotatable bonds is 4. The van der Waals surface area contributed by atoms with Gasteiger partial charge in [0.05, 0.1) is 11.7 Å². The molecule has 116 valence electrons. The molecular weight excluding hydrogens is 300 g/mol. The van der Waals surface area contributed by atoms with E-state index in [-0.39, 0.29) is 11.6 Å². The molecule has 1 N–H and O–H groups in total. The minimum atomic E-state index is -0.170. The van der Waals surface area contributed by atoms with Crippen LogP contribution in [0, 0.1) is 13.8 Å². The lowest BCUT2D eigenvalue weighted by atomic mass is 10.0. The summed E-state index contributed by atoms with van der Waals surface area (Å²) < 4.78 is 3.21. The summed E-state index contributed by atoms with van der Waals surface area (Å²) in [4.78, 5) is 16.5. The maximum Gasteiger partial charge on any atom is 0.275 e. The van der Waals surface area contributed by atoms with Gasteiger partial charge < -0.3 is 5.32 Å². The van der Waals surface area contributed by atoms with Crippen molar-refractivity contribution in [2.75, 3.05) is 5.32 Å². The molecule has 3 aromatic rings. The van der Waals surface area contributed by atoms with Gasteiger partial charge in [0.15, 0.2) is 0 Å². The second-order valence-electron chi connectivity index (χ2n) is 5.20. The van der Waals surface area contributed by atoms with Gasteiger partial charge in [-0.2, -0.15) is 9.61 Å². The van der Waals surface area contributed by atoms with Crippen LogP contribution in [0.1, 0.15) is 36.3 Å². The molecule has 0 aliphatic rings. The monoisotopic (exact) mass is 318 g/mol. The molecule has 0 spiro atoms. The first-order valence-corrected chi connectivity index (χ1v) is 7.94. The Morgan fingerprint density at radius 2 is 2.14 bits per heavy atom. The van der Waals surface area contributed by atoms with E-state index in [1.165, 1.54) is 33.7 Å². The summed E-state index contributed by atoms with van der Waals surface area (Å²) in [7, 11) is 1.94. The molecule has 3 heterocycles. The van der Waals surface area contributed by atoms with Crippen molar-refractivity contribution in [1.29, 1.82) is 0 Å². The number of nitrogens with zero attached hydrogens (tertiary/aromatic N) is 5. The van der Waals surface area contributed by atoms with E-state index in [1.807, 2.05) is 18.7 Å². The van der Waals surface area contributed by atoms with Crippen LogP contribution in [0.3, 0.4) is 0 Å². The largest absolute Gasteiger partial charge is 0.353 e. The van der Waals surface area contributed by atoms with Gasteiger partial charge in [-0.1, -0.05) is 18.3 Å². The third-order valence-electron chi connectivity index (χ3n) is 3.79. The van der Waals surface area contributed by atoms with Gasteiger partial charge in [0.25, 0.3) is 5.56 Å². The lowest BCUT2D eigenvalue weighted by Crippen LogP contribution is -2.14. The van der Waals surface area contributed by atoms with Crippen LogP contribution in [0.2, 0.25) is 0 Å². The summed E-state index contributed by atoms with van der Waals surface area (Å²) in [5.74, 6) is 0. The van der Waals surface area contributed by atoms with Gasteiger partial charge in [0.1, 0.15) is 0 Å². The van der Waals surface area contributed by atoms with Crippen LogP contribution in [0.5, 0.6) is 0 Å². The van der Waals surface area contributed by atoms with Crippen LogP contribution in [0.25, 0.3) is 4.96 Å². The first-order chi connectivity index (χ1) is 10.5. The quantitative estimate of drug-likeness (QED) is 0.797. The lowest BCUT2D eigenvalue weighted by molar-refractivity contribution is 0.713. The predicted octanol–water partition coefficient (Wildman–Crippen LogP) is 2.06. The van der Waals surface area contributed by atoms with Crippen molar-refractivity contribution in [3.8, 4) is 0 Å². The Morgan fingerprint density at radius 3 is 2.73 bits per heavy atom. The van der Waals surface area contributed by atoms with E-state index in [4.69, 9.17) is 0 Å². The Labute approximate surface area is 131 Å². The molecule has 3 aromatic heterocycles. The molecule has 0 bridgehead atoms. The fourth-order valence-electron chi connectivity index (χ4n) is 2.62. The summed E-state index contributed by atoms with van der Waals surface area (Å²) in [5.41, 5.74) is 3.16. The molecule has 1 atom stereocenters. The Hall–Kier alpha value is -2.22. The van der Waals surface area contributed by atoms with Crippen LogP contribution in [0.15, 0.2) is 17.1 Å². The fourth-order valence-corrected chi connectivity index (χ4v) is 3.45. The summed E-state index contributed by atoms with van der Waals surface area (Å²) in [5, 5.41) is 12.9. The molecule has 0 aliphatic heterocycles. The lowest BCUT2D eigenvalue weighted by Gasteiger charge is -2.16. The summed E-state index contributed by atoms with van der Waals surface area (Å²) in [6.07, 6.45) is 2.40. The van der Waals surface area contributed by atoms with Crippen molar-refractivity contribution < 1.29 is 0 Å². The molecule has 0 saturated heterocycles. The second-order valence-corrected chi connectivity index (χ2v) is 6.15. The molecule has 8 heteroatoms. The molecule has 0 aliphatic carbocycles. The van der Waals surface area contributed by atoms with E-state index in [2.05, 4.69) is 34.3 Å². The van der Waals surface area contributed by atoms with Gasteiger partial charge in [-0.25, -0.2) is 4.98 Å². The molecule has 22 heavy (non-hydrogen) atoms. The van der Waals surface area contributed by atoms with E-state index >= 15 is 0 Å². The van der Waals surface area contributed by atoms with Crippen molar-refractivity contribution in [3.05, 3.63) is 39.6 Å². The third-order valence-corrected chi connectivity index (χ3v) is 4.64. The SMILES string of the molecule is CCC(Nc1nn2c(=O)ccnc2s1)c1c(C)nn(C)c1C. The molecular formula is C14H18N6OS. The van der Waals surface area contributed by atoms with Gasteiger partial charge >= 0.3 is 0 Å². The summed E-state index contributed by atoms with van der Waals surface area (Å²) in [6.45, 7) is 6.18. The van der Waals surface area contributed by atoms with Crippen LogP contribution in [-0.2, 0) is 7.05 Å². The van der Waals surface area contributed by atoms with Gasteiger partial charge in [0, 0.05) is 30.6 Å². The van der Waals surface area contributed by atoms with Crippen molar-refractivity contribution in [2.45, 2.75) is 33.2 Å². The number of aryl methyl sites for hydroxylation is 2. The molecule has 0 amide bonds. The molecule has 0 saturated carbocycles. The molecule has 0 radical (unpaired) electrons. The molecule has 3 rings (SSSR count). The van der Waals surface area contributed by atoms with Crippen molar-refractivity contribution in [2.24, 2.45) is 7.05 Å². The van der Waals surface area contributed by atoms with Crippen LogP contribution in [0.4, 0.5) is 5.13 Å². The number of nitrogens with one attached hydrogen (secondary N) is 1. The highest BCUT2D eigenvalue weighted by Crippen LogP contribution is 2.29. The Morgan fingerprint density at radius 1 is 1.36 bits per heavy atom. The smallest absolute Gasteiger partial charge is 0.275 e. The van der Waals surface area contributed by atoms with E-state index < -0.39 is 0 Å². The standard InChI is InChI=1S/C14H18N6OS/c1-5-10(12-8(2)17-19(4)9(12)3)16-13-18-20-11(21)6-7-15-14(20)22-13/h6-7,10H,5H2,1-4H3,(H,16,18). The van der Waals surface area contributed by atoms with Crippen LogP contribution >= 0.6 is 11.3 Å². The second kappa shape index (κ2) is 5.53. The predicted molar refractivity (Wildman–Crippen MR) is 86.5 cm³/mol. The van der Waals surface area contributed by atoms with Crippen molar-refractivity contribution in [3.63, 3.8) is 0 Å². The average molecular weight is 318 g/mol. The number of hydrogen-bond donors (Lipinski definition) is 1. The van der Waals surface area contributed by atoms with Gasteiger partial charge in [-0.3, -0.25) is 9.48 Å². The fraction of sp³-hybridized carbons (Fsp3) is 0.429. The summed E-state index contributed by atoms with van der Waals surface area (Å²) >= 11 is 1.37. The Balaban J connectivity index is 1.98. The van der Waals surface area contributed by atoms with E-state index in [0.717, 1.165) is 17.8 Å². The van der Waals surface area contributed by atoms with E-state index in [9.17, 15) is 4.79 Å². The highest BCUT2D eigenvalue weighted by molar-refractivity contribution is 7.20. The first kappa shape index (κ1) is 14.7. The normalized spacial score (nSPS) is 12.7. The highest BCUT2D eigenvalue weighted by Gasteiger charge is 2.20. The maximum absolute atomic E-state index is 11.8. The number of anilines is 1. The molecule has 0 fully saturated rings. The average Bonchev–Trinajstić information content (AvgIpc) is 3.00. The van der Waals surface area contributed by atoms with Crippen molar-refractivity contribution in [1.82, 2.24) is 24.4 Å². The van der Waals surface area contributed by atoms with Crippen LogP contribution < -0.4 is 10.9 Å². The topological polar surface area (TPSA) is 77.1 Å². The zero-order valence-corrected chi connectivity index (χ0v) is 13.8. The zero-order valence-electron chi connectivity index (χ0n) is 13.0. The molecule has 1 unspecified atom stereocenters. The molecule has 0 aromatic carbocycles. The summed E-state index contributed by atoms with van der Waals surface area (Å²) in [6, 6.07) is 1.51. The van der Waals surface area contributed by atoms with Crippen LogP contribution in [-0.4, -0.2) is 24.4 Å². The van der Waals surface area contributed by atoms with Gasteiger partial charge in [-0.15, -0.1) is 5.10 Å². The Bertz CT molecular complexity index is 877. The molecule has 7 nitrogen and oxygen atoms in total. The Kier molecular flexibility index (Phi) is 3.69. The minimum absolute atomic E-state index is 0.102. The van der Waals surface area contributed by atoms with Crippen molar-refractivity contribution >= 4 is 21.4 Å². The minimum Gasteiger partial charge on any atom is -0.353 e. The zero-order chi connectivity index (χ0) is 15.9. The third kappa shape index (κ3) is 2.39. The van der Waals surface area contributed by atoms with Gasteiger partial charge in [-0.05, 0) is 20.3 Å². The number of hydrogen-bond acceptors (Lipinski definition) is 6.